The highest BCUT2D eigenvalue weighted by atomic mass is 16.3. The summed E-state index contributed by atoms with van der Waals surface area (Å²) >= 11 is 0. The number of hydrogen-bond acceptors (Lipinski definition) is 3. The Labute approximate surface area is 86.1 Å². The van der Waals surface area contributed by atoms with Crippen LogP contribution in [0.4, 0.5) is 0 Å². The zero-order valence-corrected chi connectivity index (χ0v) is 9.39. The number of nitrogens with one attached hydrogen (secondary N) is 2. The fraction of sp³-hybridized carbons (Fsp3) is 0.900. The highest BCUT2D eigenvalue weighted by molar-refractivity contribution is 5.77. The first-order valence-electron chi connectivity index (χ1n) is 5.16. The van der Waals surface area contributed by atoms with Crippen LogP contribution in [0.15, 0.2) is 0 Å². The first kappa shape index (κ1) is 13.4. The van der Waals surface area contributed by atoms with Gasteiger partial charge in [0.1, 0.15) is 0 Å². The summed E-state index contributed by atoms with van der Waals surface area (Å²) in [5.41, 5.74) is -0.149. The van der Waals surface area contributed by atoms with Gasteiger partial charge in [0.2, 0.25) is 5.91 Å². The monoisotopic (exact) mass is 202 g/mol. The second kappa shape index (κ2) is 6.79. The molecule has 0 aliphatic carbocycles. The Morgan fingerprint density at radius 3 is 2.29 bits per heavy atom. The summed E-state index contributed by atoms with van der Waals surface area (Å²) < 4.78 is 0. The summed E-state index contributed by atoms with van der Waals surface area (Å²) in [4.78, 5) is 11.2. The van der Waals surface area contributed by atoms with Crippen molar-refractivity contribution in [3.05, 3.63) is 0 Å². The summed E-state index contributed by atoms with van der Waals surface area (Å²) in [7, 11) is 1.73. The van der Waals surface area contributed by atoms with Crippen LogP contribution in [-0.4, -0.2) is 37.8 Å². The minimum absolute atomic E-state index is 0.0211. The van der Waals surface area contributed by atoms with Crippen LogP contribution in [0.2, 0.25) is 0 Å². The summed E-state index contributed by atoms with van der Waals surface area (Å²) in [5, 5.41) is 14.9. The molecule has 84 valence electrons. The molecule has 0 aliphatic heterocycles. The Morgan fingerprint density at radius 2 is 1.93 bits per heavy atom. The molecule has 0 rings (SSSR count). The molecule has 0 unspecified atom stereocenters. The van der Waals surface area contributed by atoms with Crippen LogP contribution < -0.4 is 10.6 Å². The second-order valence-electron chi connectivity index (χ2n) is 3.67. The number of aliphatic hydroxyl groups excluding tert-OH is 1. The van der Waals surface area contributed by atoms with Gasteiger partial charge in [-0.15, -0.1) is 0 Å². The molecule has 0 atom stereocenters. The van der Waals surface area contributed by atoms with Crippen molar-refractivity contribution in [1.29, 1.82) is 0 Å². The summed E-state index contributed by atoms with van der Waals surface area (Å²) in [6.45, 7) is 5.07. The lowest BCUT2D eigenvalue weighted by Gasteiger charge is -2.29. The maximum atomic E-state index is 11.2. The lowest BCUT2D eigenvalue weighted by atomic mass is 9.83. The topological polar surface area (TPSA) is 61.4 Å². The van der Waals surface area contributed by atoms with E-state index in [1.165, 1.54) is 0 Å². The van der Waals surface area contributed by atoms with Gasteiger partial charge < -0.3 is 15.7 Å². The van der Waals surface area contributed by atoms with Crippen LogP contribution in [0, 0.1) is 5.41 Å². The van der Waals surface area contributed by atoms with Crippen molar-refractivity contribution in [2.24, 2.45) is 5.41 Å². The molecule has 0 aromatic carbocycles. The molecule has 0 aliphatic rings. The van der Waals surface area contributed by atoms with E-state index in [-0.39, 0.29) is 17.9 Å². The van der Waals surface area contributed by atoms with Gasteiger partial charge in [0.25, 0.3) is 0 Å². The molecule has 0 heterocycles. The van der Waals surface area contributed by atoms with Crippen molar-refractivity contribution in [1.82, 2.24) is 10.6 Å². The van der Waals surface area contributed by atoms with Gasteiger partial charge in [-0.25, -0.2) is 0 Å². The minimum atomic E-state index is -0.149. The Morgan fingerprint density at radius 1 is 1.36 bits per heavy atom. The maximum absolute atomic E-state index is 11.2. The van der Waals surface area contributed by atoms with Crippen LogP contribution in [0.3, 0.4) is 0 Å². The van der Waals surface area contributed by atoms with Crippen LogP contribution in [0.25, 0.3) is 0 Å². The van der Waals surface area contributed by atoms with Crippen molar-refractivity contribution < 1.29 is 9.90 Å². The van der Waals surface area contributed by atoms with Crippen LogP contribution in [0.5, 0.6) is 0 Å². The highest BCUT2D eigenvalue weighted by Gasteiger charge is 2.25. The standard InChI is InChI=1S/C10H22N2O2/c1-4-10(5-2,8-13)7-12-9(14)6-11-3/h11,13H,4-8H2,1-3H3,(H,12,14). The molecular weight excluding hydrogens is 180 g/mol. The largest absolute Gasteiger partial charge is 0.396 e. The molecule has 14 heavy (non-hydrogen) atoms. The third kappa shape index (κ3) is 4.07. The molecule has 0 aromatic heterocycles. The van der Waals surface area contributed by atoms with E-state index in [0.29, 0.717) is 13.1 Å². The molecule has 0 aromatic rings. The molecule has 0 spiro atoms. The molecule has 0 radical (unpaired) electrons. The smallest absolute Gasteiger partial charge is 0.233 e. The lowest BCUT2D eigenvalue weighted by Crippen LogP contribution is -2.42. The van der Waals surface area contributed by atoms with E-state index in [1.807, 2.05) is 13.8 Å². The fourth-order valence-electron chi connectivity index (χ4n) is 1.29. The van der Waals surface area contributed by atoms with Crippen molar-refractivity contribution in [2.75, 3.05) is 26.7 Å². The molecule has 0 fully saturated rings. The fourth-order valence-corrected chi connectivity index (χ4v) is 1.29. The van der Waals surface area contributed by atoms with Crippen LogP contribution >= 0.6 is 0 Å². The normalized spacial score (nSPS) is 11.4. The quantitative estimate of drug-likeness (QED) is 0.549. The van der Waals surface area contributed by atoms with E-state index in [2.05, 4.69) is 10.6 Å². The Kier molecular flexibility index (Phi) is 6.49. The third-order valence-electron chi connectivity index (χ3n) is 2.83. The average molecular weight is 202 g/mol. The van der Waals surface area contributed by atoms with Gasteiger partial charge in [0.15, 0.2) is 0 Å². The predicted octanol–water partition coefficient (Wildman–Crippen LogP) is 0.121. The first-order chi connectivity index (χ1) is 6.64. The molecule has 0 saturated carbocycles. The molecule has 0 bridgehead atoms. The van der Waals surface area contributed by atoms with E-state index in [9.17, 15) is 9.90 Å². The van der Waals surface area contributed by atoms with E-state index in [0.717, 1.165) is 12.8 Å². The molecule has 4 heteroatoms. The van der Waals surface area contributed by atoms with Crippen molar-refractivity contribution >= 4 is 5.91 Å². The predicted molar refractivity (Wildman–Crippen MR) is 57.0 cm³/mol. The Bertz CT molecular complexity index is 159. The van der Waals surface area contributed by atoms with Gasteiger partial charge in [-0.05, 0) is 19.9 Å². The van der Waals surface area contributed by atoms with E-state index < -0.39 is 0 Å². The van der Waals surface area contributed by atoms with Crippen LogP contribution in [-0.2, 0) is 4.79 Å². The Balaban J connectivity index is 3.99. The SMILES string of the molecule is CCC(CC)(CO)CNC(=O)CNC. The summed E-state index contributed by atoms with van der Waals surface area (Å²) in [5.74, 6) is -0.0211. The number of likely N-dealkylation sites (N-methyl/N-ethyl adjacent to an activating group) is 1. The van der Waals surface area contributed by atoms with Crippen molar-refractivity contribution in [3.63, 3.8) is 0 Å². The van der Waals surface area contributed by atoms with Gasteiger partial charge in [0, 0.05) is 12.0 Å². The molecular formula is C10H22N2O2. The summed E-state index contributed by atoms with van der Waals surface area (Å²) in [6.07, 6.45) is 1.75. The zero-order valence-electron chi connectivity index (χ0n) is 9.39. The highest BCUT2D eigenvalue weighted by Crippen LogP contribution is 2.24. The number of carbonyl (C=O) groups excluding carboxylic acids is 1. The van der Waals surface area contributed by atoms with E-state index in [4.69, 9.17) is 0 Å². The zero-order chi connectivity index (χ0) is 11.0. The van der Waals surface area contributed by atoms with Crippen molar-refractivity contribution in [2.45, 2.75) is 26.7 Å². The van der Waals surface area contributed by atoms with Gasteiger partial charge >= 0.3 is 0 Å². The second-order valence-corrected chi connectivity index (χ2v) is 3.67. The number of hydrogen-bond donors (Lipinski definition) is 3. The van der Waals surface area contributed by atoms with Crippen molar-refractivity contribution in [3.8, 4) is 0 Å². The lowest BCUT2D eigenvalue weighted by molar-refractivity contribution is -0.120. The van der Waals surface area contributed by atoms with Gasteiger partial charge in [-0.1, -0.05) is 13.8 Å². The number of carbonyl (C=O) groups is 1. The average Bonchev–Trinajstić information content (AvgIpc) is 2.21. The van der Waals surface area contributed by atoms with E-state index >= 15 is 0 Å². The summed E-state index contributed by atoms with van der Waals surface area (Å²) in [6, 6.07) is 0. The van der Waals surface area contributed by atoms with Gasteiger partial charge in [-0.3, -0.25) is 4.79 Å². The Hall–Kier alpha value is -0.610. The third-order valence-corrected chi connectivity index (χ3v) is 2.83. The molecule has 1 amide bonds. The maximum Gasteiger partial charge on any atom is 0.233 e. The first-order valence-corrected chi connectivity index (χ1v) is 5.16. The van der Waals surface area contributed by atoms with Gasteiger partial charge in [0.05, 0.1) is 13.2 Å². The number of rotatable bonds is 7. The number of amides is 1. The molecule has 3 N–H and O–H groups in total. The van der Waals surface area contributed by atoms with Crippen LogP contribution in [0.1, 0.15) is 26.7 Å². The molecule has 0 saturated heterocycles. The number of aliphatic hydroxyl groups is 1. The minimum Gasteiger partial charge on any atom is -0.396 e. The molecule has 4 nitrogen and oxygen atoms in total. The van der Waals surface area contributed by atoms with E-state index in [1.54, 1.807) is 7.05 Å². The van der Waals surface area contributed by atoms with Gasteiger partial charge in [-0.2, -0.15) is 0 Å².